The fourth-order valence-corrected chi connectivity index (χ4v) is 9.13. The molecule has 0 aromatic heterocycles. The van der Waals surface area contributed by atoms with Gasteiger partial charge in [-0.3, -0.25) is 14.5 Å². The second-order valence-corrected chi connectivity index (χ2v) is 14.5. The van der Waals surface area contributed by atoms with Gasteiger partial charge in [0.1, 0.15) is 11.9 Å². The third kappa shape index (κ3) is 7.27. The van der Waals surface area contributed by atoms with E-state index in [1.165, 1.54) is 25.3 Å². The van der Waals surface area contributed by atoms with E-state index in [1.807, 2.05) is 11.0 Å². The Balaban J connectivity index is 1.21. The van der Waals surface area contributed by atoms with Crippen molar-refractivity contribution in [2.45, 2.75) is 55.7 Å². The lowest BCUT2D eigenvalue weighted by Crippen LogP contribution is -2.42. The molecule has 1 N–H and O–H groups in total. The van der Waals surface area contributed by atoms with E-state index < -0.39 is 41.6 Å². The van der Waals surface area contributed by atoms with Crippen LogP contribution in [0.1, 0.15) is 32.1 Å². The van der Waals surface area contributed by atoms with Crippen molar-refractivity contribution in [1.82, 2.24) is 14.7 Å². The molecule has 4 saturated heterocycles. The topological polar surface area (TPSA) is 82.6 Å². The third-order valence-electron chi connectivity index (χ3n) is 11.3. The van der Waals surface area contributed by atoms with E-state index in [9.17, 15) is 27.9 Å². The normalized spacial score (nSPS) is 34.7. The molecule has 3 unspecified atom stereocenters. The van der Waals surface area contributed by atoms with Crippen LogP contribution in [0.5, 0.6) is 0 Å². The first kappa shape index (κ1) is 34.4. The Kier molecular flexibility index (Phi) is 10.3. The summed E-state index contributed by atoms with van der Waals surface area (Å²) in [5.41, 5.74) is -0.139. The Hall–Kier alpha value is -2.51. The molecule has 4 fully saturated rings. The molecule has 0 spiro atoms. The minimum Gasteiger partial charge on any atom is -0.497 e. The molecule has 1 amide bonds. The predicted molar refractivity (Wildman–Crippen MR) is 170 cm³/mol. The molecule has 0 aromatic carbocycles. The number of carbonyl (C=O) groups is 2. The van der Waals surface area contributed by atoms with Gasteiger partial charge in [0.2, 0.25) is 5.91 Å². The highest BCUT2D eigenvalue weighted by Gasteiger charge is 2.50. The minimum atomic E-state index is -4.50. The van der Waals surface area contributed by atoms with Gasteiger partial charge < -0.3 is 24.4 Å². The highest BCUT2D eigenvalue weighted by molar-refractivity contribution is 7.81. The summed E-state index contributed by atoms with van der Waals surface area (Å²) in [6.07, 6.45) is 4.35. The summed E-state index contributed by atoms with van der Waals surface area (Å²) in [4.78, 5) is 32.0. The highest BCUT2D eigenvalue weighted by atomic mass is 32.1. The van der Waals surface area contributed by atoms with Gasteiger partial charge in [0.05, 0.1) is 24.5 Å². The lowest BCUT2D eigenvalue weighted by atomic mass is 9.78. The number of halogens is 4. The molecule has 8 nitrogen and oxygen atoms in total. The number of carboxylic acids is 1. The number of aliphatic carboxylic acids is 1. The molecule has 0 radical (unpaired) electrons. The van der Waals surface area contributed by atoms with Crippen molar-refractivity contribution in [3.8, 4) is 0 Å². The fraction of sp³-hybridized carbons (Fsp3) is 0.706. The zero-order valence-corrected chi connectivity index (χ0v) is 27.6. The Bertz CT molecular complexity index is 1310. The van der Waals surface area contributed by atoms with Crippen molar-refractivity contribution in [2.75, 3.05) is 59.6 Å². The Morgan fingerprint density at radius 3 is 2.40 bits per heavy atom. The van der Waals surface area contributed by atoms with Crippen LogP contribution in [0, 0.1) is 35.5 Å². The molecule has 6 aliphatic rings. The number of carboxylic acid groups (broad SMARTS) is 1. The second-order valence-electron chi connectivity index (χ2n) is 13.9. The maximum atomic E-state index is 15.6. The number of rotatable bonds is 7. The van der Waals surface area contributed by atoms with E-state index in [0.29, 0.717) is 76.8 Å². The van der Waals surface area contributed by atoms with Gasteiger partial charge in [-0.25, -0.2) is 4.39 Å². The van der Waals surface area contributed by atoms with Crippen LogP contribution in [-0.2, 0) is 19.1 Å². The molecule has 0 saturated carbocycles. The van der Waals surface area contributed by atoms with Crippen LogP contribution < -0.4 is 0 Å². The van der Waals surface area contributed by atoms with Crippen LogP contribution in [0.2, 0.25) is 0 Å². The van der Waals surface area contributed by atoms with Crippen LogP contribution in [0.15, 0.2) is 47.4 Å². The summed E-state index contributed by atoms with van der Waals surface area (Å²) < 4.78 is 68.0. The van der Waals surface area contributed by atoms with Gasteiger partial charge in [-0.15, -0.1) is 0 Å². The van der Waals surface area contributed by atoms with E-state index in [0.717, 1.165) is 12.8 Å². The van der Waals surface area contributed by atoms with Gasteiger partial charge >= 0.3 is 12.1 Å². The first-order valence-corrected chi connectivity index (χ1v) is 17.3. The molecule has 4 aliphatic heterocycles. The van der Waals surface area contributed by atoms with Gasteiger partial charge in [0, 0.05) is 81.3 Å². The number of hydrogen-bond donors (Lipinski definition) is 2. The van der Waals surface area contributed by atoms with Crippen molar-refractivity contribution in [2.24, 2.45) is 35.5 Å². The summed E-state index contributed by atoms with van der Waals surface area (Å²) >= 11 is 4.90. The maximum absolute atomic E-state index is 15.6. The number of allylic oxidation sites excluding steroid dienone is 7. The molecule has 260 valence electrons. The summed E-state index contributed by atoms with van der Waals surface area (Å²) in [5.74, 6) is -2.64. The first-order valence-electron chi connectivity index (χ1n) is 16.8. The van der Waals surface area contributed by atoms with E-state index in [1.54, 1.807) is 11.0 Å². The van der Waals surface area contributed by atoms with Crippen LogP contribution in [0.4, 0.5) is 17.6 Å². The molecule has 13 heteroatoms. The number of carbonyl (C=O) groups excluding carboxylic acids is 1. The van der Waals surface area contributed by atoms with E-state index in [2.05, 4.69) is 4.90 Å². The van der Waals surface area contributed by atoms with Crippen LogP contribution in [0.3, 0.4) is 0 Å². The number of likely N-dealkylation sites (tertiary alicyclic amines) is 3. The van der Waals surface area contributed by atoms with Gasteiger partial charge in [0.15, 0.2) is 0 Å². The Labute approximate surface area is 278 Å². The first-order chi connectivity index (χ1) is 22.4. The number of piperidine rings is 1. The Morgan fingerprint density at radius 2 is 1.77 bits per heavy atom. The van der Waals surface area contributed by atoms with Crippen molar-refractivity contribution in [1.29, 1.82) is 0 Å². The fourth-order valence-electron chi connectivity index (χ4n) is 8.63. The largest absolute Gasteiger partial charge is 0.497 e. The van der Waals surface area contributed by atoms with Gasteiger partial charge in [-0.2, -0.15) is 25.8 Å². The van der Waals surface area contributed by atoms with Crippen molar-refractivity contribution in [3.63, 3.8) is 0 Å². The lowest BCUT2D eigenvalue weighted by Gasteiger charge is -2.41. The quantitative estimate of drug-likeness (QED) is 0.297. The zero-order valence-electron chi connectivity index (χ0n) is 26.7. The average molecular weight is 684 g/mol. The second kappa shape index (κ2) is 14.2. The molecule has 4 heterocycles. The summed E-state index contributed by atoms with van der Waals surface area (Å²) in [6, 6.07) is 0.263. The molecule has 6 rings (SSSR count). The SMILES string of the molecule is COC1=CC(F)C([C@@H]2CN(C3CCOCC3)C[C@H]2C(=O)N2C[C@H](C3CC=C(C(F)(F)F)C=C3N3CCC(C(=O)O)CC3)[C@@H](S)C2)C=C1. The zero-order chi connectivity index (χ0) is 33.5. The average Bonchev–Trinajstić information content (AvgIpc) is 3.68. The van der Waals surface area contributed by atoms with Gasteiger partial charge in [0.25, 0.3) is 0 Å². The van der Waals surface area contributed by atoms with Crippen LogP contribution >= 0.6 is 12.6 Å². The van der Waals surface area contributed by atoms with Crippen molar-refractivity contribution >= 4 is 24.5 Å². The number of amides is 1. The van der Waals surface area contributed by atoms with E-state index >= 15 is 4.39 Å². The predicted octanol–water partition coefficient (Wildman–Crippen LogP) is 4.71. The van der Waals surface area contributed by atoms with E-state index in [4.69, 9.17) is 22.1 Å². The minimum absolute atomic E-state index is 0.0524. The summed E-state index contributed by atoms with van der Waals surface area (Å²) in [5, 5.41) is 9.21. The van der Waals surface area contributed by atoms with Crippen molar-refractivity contribution < 1.29 is 41.7 Å². The molecule has 0 aromatic rings. The lowest BCUT2D eigenvalue weighted by molar-refractivity contribution is -0.143. The number of alkyl halides is 4. The van der Waals surface area contributed by atoms with Gasteiger partial charge in [-0.1, -0.05) is 12.2 Å². The summed E-state index contributed by atoms with van der Waals surface area (Å²) in [7, 11) is 1.50. The molecule has 0 bridgehead atoms. The number of hydrogen-bond acceptors (Lipinski definition) is 7. The maximum Gasteiger partial charge on any atom is 0.416 e. The number of methoxy groups -OCH3 is 1. The number of nitrogens with zero attached hydrogens (tertiary/aromatic N) is 3. The van der Waals surface area contributed by atoms with Crippen molar-refractivity contribution in [3.05, 3.63) is 47.4 Å². The Morgan fingerprint density at radius 1 is 1.04 bits per heavy atom. The van der Waals surface area contributed by atoms with Crippen LogP contribution in [0.25, 0.3) is 0 Å². The number of thiol groups is 1. The smallest absolute Gasteiger partial charge is 0.416 e. The molecule has 7 atom stereocenters. The summed E-state index contributed by atoms with van der Waals surface area (Å²) in [6.45, 7) is 3.87. The van der Waals surface area contributed by atoms with Gasteiger partial charge in [-0.05, 0) is 62.2 Å². The molecular formula is C34H45F4N3O5S. The highest BCUT2D eigenvalue weighted by Crippen LogP contribution is 2.45. The van der Waals surface area contributed by atoms with E-state index in [-0.39, 0.29) is 41.4 Å². The third-order valence-corrected chi connectivity index (χ3v) is 11.8. The molecule has 2 aliphatic carbocycles. The van der Waals surface area contributed by atoms with Crippen LogP contribution in [-0.4, -0.2) is 115 Å². The number of ether oxygens (including phenoxy) is 2. The molecular weight excluding hydrogens is 638 g/mol. The molecule has 47 heavy (non-hydrogen) atoms. The monoisotopic (exact) mass is 683 g/mol. The standard InChI is InChI=1S/C34H45F4N3O5S/c1-45-23-3-5-24(29(35)15-23)26-16-40(22-8-12-46-13-9-22)18-28(26)32(42)41-17-27(31(47)19-41)25-4-2-21(34(36,37)38)14-30(25)39-10-6-20(7-11-39)33(43)44/h2-3,5,14-15,20,22,24-29,31,47H,4,6-13,16-19H2,1H3,(H,43,44)/t24?,25?,26-,27+,28+,29?,31-/m0/s1.